The molecule has 0 aromatic carbocycles. The van der Waals surface area contributed by atoms with Gasteiger partial charge in [0.15, 0.2) is 0 Å². The van der Waals surface area contributed by atoms with Crippen molar-refractivity contribution in [1.29, 1.82) is 0 Å². The number of hydrogen-bond donors (Lipinski definition) is 1. The molecule has 4 heteroatoms. The molecule has 0 aromatic heterocycles. The highest BCUT2D eigenvalue weighted by atomic mass is 16.5. The maximum atomic E-state index is 11.6. The molecule has 1 heterocycles. The molecule has 1 saturated heterocycles. The molecule has 0 amide bonds. The maximum absolute atomic E-state index is 11.6. The fourth-order valence-corrected chi connectivity index (χ4v) is 3.24. The number of ether oxygens (including phenoxy) is 2. The highest BCUT2D eigenvalue weighted by Gasteiger charge is 2.43. The van der Waals surface area contributed by atoms with E-state index in [1.165, 1.54) is 7.11 Å². The monoisotopic (exact) mass is 241 g/mol. The Morgan fingerprint density at radius 1 is 1.29 bits per heavy atom. The molecular formula is C13H23NO3. The van der Waals surface area contributed by atoms with Gasteiger partial charge in [0.2, 0.25) is 0 Å². The van der Waals surface area contributed by atoms with Crippen molar-refractivity contribution in [3.05, 3.63) is 0 Å². The Kier molecular flexibility index (Phi) is 4.05. The second-order valence-electron chi connectivity index (χ2n) is 5.60. The van der Waals surface area contributed by atoms with Crippen LogP contribution in [0.25, 0.3) is 0 Å². The molecule has 2 unspecified atom stereocenters. The third-order valence-corrected chi connectivity index (χ3v) is 3.91. The summed E-state index contributed by atoms with van der Waals surface area (Å²) in [7, 11) is 1.48. The van der Waals surface area contributed by atoms with E-state index in [1.54, 1.807) is 0 Å². The predicted molar refractivity (Wildman–Crippen MR) is 64.6 cm³/mol. The van der Waals surface area contributed by atoms with Gasteiger partial charge < -0.3 is 14.8 Å². The van der Waals surface area contributed by atoms with Crippen LogP contribution >= 0.6 is 0 Å². The van der Waals surface area contributed by atoms with Crippen LogP contribution in [0.1, 0.15) is 26.7 Å². The summed E-state index contributed by atoms with van der Waals surface area (Å²) in [5.41, 5.74) is 0. The Morgan fingerprint density at radius 2 is 1.88 bits per heavy atom. The van der Waals surface area contributed by atoms with Crippen LogP contribution in [-0.4, -0.2) is 38.4 Å². The summed E-state index contributed by atoms with van der Waals surface area (Å²) in [6.07, 6.45) is 1.79. The Balaban J connectivity index is 2.03. The smallest absolute Gasteiger partial charge is 0.308 e. The van der Waals surface area contributed by atoms with Gasteiger partial charge in [-0.05, 0) is 24.7 Å². The summed E-state index contributed by atoms with van der Waals surface area (Å²) >= 11 is 0. The Hall–Kier alpha value is -0.610. The van der Waals surface area contributed by atoms with E-state index in [2.05, 4.69) is 19.2 Å². The number of fused-ring (bicyclic) bond motifs is 2. The van der Waals surface area contributed by atoms with Crippen LogP contribution in [-0.2, 0) is 14.3 Å². The number of nitrogens with one attached hydrogen (secondary N) is 1. The van der Waals surface area contributed by atoms with E-state index >= 15 is 0 Å². The molecule has 0 aromatic rings. The molecular weight excluding hydrogens is 218 g/mol. The fraction of sp³-hybridized carbons (Fsp3) is 0.923. The average molecular weight is 241 g/mol. The highest BCUT2D eigenvalue weighted by molar-refractivity contribution is 5.72. The van der Waals surface area contributed by atoms with Gasteiger partial charge in [-0.1, -0.05) is 13.8 Å². The van der Waals surface area contributed by atoms with Crippen LogP contribution in [0.3, 0.4) is 0 Å². The number of rotatable bonds is 3. The zero-order chi connectivity index (χ0) is 12.4. The minimum atomic E-state index is -0.0510. The summed E-state index contributed by atoms with van der Waals surface area (Å²) in [6, 6.07) is 0.988. The first-order valence-corrected chi connectivity index (χ1v) is 6.53. The summed E-state index contributed by atoms with van der Waals surface area (Å²) in [4.78, 5) is 11.6. The van der Waals surface area contributed by atoms with E-state index in [9.17, 15) is 4.79 Å². The third kappa shape index (κ3) is 2.80. The van der Waals surface area contributed by atoms with Gasteiger partial charge in [0.1, 0.15) is 0 Å². The lowest BCUT2D eigenvalue weighted by Crippen LogP contribution is -2.55. The Bertz CT molecular complexity index is 266. The lowest BCUT2D eigenvalue weighted by Gasteiger charge is -2.45. The van der Waals surface area contributed by atoms with E-state index in [-0.39, 0.29) is 11.9 Å². The molecule has 1 saturated carbocycles. The van der Waals surface area contributed by atoms with Crippen molar-refractivity contribution in [2.45, 2.75) is 38.8 Å². The number of hydrogen-bond acceptors (Lipinski definition) is 4. The Morgan fingerprint density at radius 3 is 2.35 bits per heavy atom. The van der Waals surface area contributed by atoms with Gasteiger partial charge in [-0.15, -0.1) is 0 Å². The van der Waals surface area contributed by atoms with Crippen LogP contribution in [0.15, 0.2) is 0 Å². The van der Waals surface area contributed by atoms with Crippen LogP contribution in [0, 0.1) is 17.8 Å². The average Bonchev–Trinajstić information content (AvgIpc) is 2.26. The summed E-state index contributed by atoms with van der Waals surface area (Å²) in [5.74, 6) is 0.928. The van der Waals surface area contributed by atoms with E-state index < -0.39 is 0 Å². The Labute approximate surface area is 103 Å². The lowest BCUT2D eigenvalue weighted by atomic mass is 9.70. The maximum Gasteiger partial charge on any atom is 0.308 e. The summed E-state index contributed by atoms with van der Waals surface area (Å²) in [5, 5.41) is 3.63. The van der Waals surface area contributed by atoms with Gasteiger partial charge >= 0.3 is 5.97 Å². The first-order chi connectivity index (χ1) is 8.11. The van der Waals surface area contributed by atoms with Crippen molar-refractivity contribution in [2.24, 2.45) is 17.8 Å². The fourth-order valence-electron chi connectivity index (χ4n) is 3.24. The van der Waals surface area contributed by atoms with E-state index in [4.69, 9.17) is 9.47 Å². The molecule has 0 spiro atoms. The van der Waals surface area contributed by atoms with Crippen LogP contribution in [0.4, 0.5) is 0 Å². The number of carbonyl (C=O) groups excluding carboxylic acids is 1. The van der Waals surface area contributed by atoms with Gasteiger partial charge in [0.05, 0.1) is 26.2 Å². The molecule has 98 valence electrons. The molecule has 2 rings (SSSR count). The van der Waals surface area contributed by atoms with Crippen molar-refractivity contribution in [3.63, 3.8) is 0 Å². The number of methoxy groups -OCH3 is 1. The summed E-state index contributed by atoms with van der Waals surface area (Å²) in [6.45, 7) is 5.88. The zero-order valence-corrected chi connectivity index (χ0v) is 10.9. The van der Waals surface area contributed by atoms with E-state index in [0.717, 1.165) is 26.1 Å². The van der Waals surface area contributed by atoms with E-state index in [1.807, 2.05) is 0 Å². The van der Waals surface area contributed by atoms with Crippen molar-refractivity contribution >= 4 is 5.97 Å². The molecule has 0 radical (unpaired) electrons. The van der Waals surface area contributed by atoms with Gasteiger partial charge in [-0.25, -0.2) is 0 Å². The molecule has 4 nitrogen and oxygen atoms in total. The van der Waals surface area contributed by atoms with Gasteiger partial charge in [0, 0.05) is 12.1 Å². The van der Waals surface area contributed by atoms with Crippen molar-refractivity contribution < 1.29 is 14.3 Å². The molecule has 2 atom stereocenters. The number of carbonyl (C=O) groups is 1. The molecule has 2 aliphatic rings. The predicted octanol–water partition coefficient (Wildman–Crippen LogP) is 1.20. The largest absolute Gasteiger partial charge is 0.469 e. The first kappa shape index (κ1) is 12.8. The van der Waals surface area contributed by atoms with Crippen LogP contribution < -0.4 is 5.32 Å². The zero-order valence-electron chi connectivity index (χ0n) is 10.9. The number of esters is 1. The van der Waals surface area contributed by atoms with Crippen molar-refractivity contribution in [3.8, 4) is 0 Å². The van der Waals surface area contributed by atoms with Gasteiger partial charge in [-0.3, -0.25) is 4.79 Å². The second-order valence-corrected chi connectivity index (χ2v) is 5.60. The minimum absolute atomic E-state index is 0.0510. The molecule has 1 aliphatic heterocycles. The van der Waals surface area contributed by atoms with E-state index in [0.29, 0.717) is 23.9 Å². The van der Waals surface area contributed by atoms with Crippen LogP contribution in [0.5, 0.6) is 0 Å². The quantitative estimate of drug-likeness (QED) is 0.754. The van der Waals surface area contributed by atoms with Crippen molar-refractivity contribution in [1.82, 2.24) is 5.32 Å². The molecule has 2 fully saturated rings. The SMILES string of the molecule is COC(=O)C1CC2COCC(C1)C2NC(C)C. The molecule has 1 N–H and O–H groups in total. The standard InChI is InChI=1S/C13H23NO3/c1-8(2)14-12-10-4-9(13(15)16-3)5-11(12)7-17-6-10/h8-12,14H,4-7H2,1-3H3. The van der Waals surface area contributed by atoms with Crippen LogP contribution in [0.2, 0.25) is 0 Å². The minimum Gasteiger partial charge on any atom is -0.469 e. The second kappa shape index (κ2) is 5.36. The third-order valence-electron chi connectivity index (χ3n) is 3.91. The van der Waals surface area contributed by atoms with Gasteiger partial charge in [0.25, 0.3) is 0 Å². The van der Waals surface area contributed by atoms with Crippen molar-refractivity contribution in [2.75, 3.05) is 20.3 Å². The highest BCUT2D eigenvalue weighted by Crippen LogP contribution is 2.38. The lowest BCUT2D eigenvalue weighted by molar-refractivity contribution is -0.151. The first-order valence-electron chi connectivity index (χ1n) is 6.53. The normalized spacial score (nSPS) is 36.9. The summed E-state index contributed by atoms with van der Waals surface area (Å²) < 4.78 is 10.5. The topological polar surface area (TPSA) is 47.6 Å². The van der Waals surface area contributed by atoms with Gasteiger partial charge in [-0.2, -0.15) is 0 Å². The molecule has 2 bridgehead atoms. The molecule has 1 aliphatic carbocycles. The molecule has 17 heavy (non-hydrogen) atoms.